The summed E-state index contributed by atoms with van der Waals surface area (Å²) in [5.41, 5.74) is 1.02. The smallest absolute Gasteiger partial charge is 0.253 e. The van der Waals surface area contributed by atoms with Crippen LogP contribution in [0, 0.1) is 6.92 Å². The fraction of sp³-hybridized carbons (Fsp3) is 0.273. The summed E-state index contributed by atoms with van der Waals surface area (Å²) < 4.78 is 38.2. The van der Waals surface area contributed by atoms with E-state index in [0.717, 1.165) is 0 Å². The third kappa shape index (κ3) is 4.24. The van der Waals surface area contributed by atoms with E-state index in [1.807, 2.05) is 0 Å². The summed E-state index contributed by atoms with van der Waals surface area (Å²) in [6.45, 7) is 2.89. The lowest BCUT2D eigenvalue weighted by atomic mass is 10.2. The van der Waals surface area contributed by atoms with Crippen LogP contribution in [0.5, 0.6) is 5.75 Å². The van der Waals surface area contributed by atoms with E-state index in [2.05, 4.69) is 20.1 Å². The second-order valence-corrected chi connectivity index (χ2v) is 9.70. The van der Waals surface area contributed by atoms with Crippen molar-refractivity contribution in [1.29, 1.82) is 0 Å². The van der Waals surface area contributed by atoms with Crippen molar-refractivity contribution in [3.05, 3.63) is 66.1 Å². The molecular formula is C22H22N6O5S. The Labute approximate surface area is 195 Å². The predicted molar refractivity (Wildman–Crippen MR) is 121 cm³/mol. The van der Waals surface area contributed by atoms with Crippen molar-refractivity contribution in [2.75, 3.05) is 26.2 Å². The van der Waals surface area contributed by atoms with Crippen LogP contribution in [0.4, 0.5) is 0 Å². The molecule has 1 aliphatic heterocycles. The zero-order valence-electron chi connectivity index (χ0n) is 18.3. The summed E-state index contributed by atoms with van der Waals surface area (Å²) in [6.07, 6.45) is 3.07. The van der Waals surface area contributed by atoms with Crippen LogP contribution in [0.15, 0.2) is 58.2 Å². The highest BCUT2D eigenvalue weighted by Crippen LogP contribution is 2.25. The molecule has 0 aliphatic carbocycles. The number of amides is 1. The van der Waals surface area contributed by atoms with Crippen molar-refractivity contribution in [3.63, 3.8) is 0 Å². The van der Waals surface area contributed by atoms with Crippen molar-refractivity contribution >= 4 is 27.0 Å². The van der Waals surface area contributed by atoms with Gasteiger partial charge in [0.2, 0.25) is 21.7 Å². The van der Waals surface area contributed by atoms with Crippen LogP contribution in [0.1, 0.15) is 22.1 Å². The molecule has 1 aromatic carbocycles. The summed E-state index contributed by atoms with van der Waals surface area (Å²) in [5, 5.41) is 4.32. The van der Waals surface area contributed by atoms with Gasteiger partial charge in [0.25, 0.3) is 5.91 Å². The number of ether oxygens (including phenoxy) is 1. The average Bonchev–Trinajstić information content (AvgIpc) is 3.49. The number of pyridine rings is 1. The third-order valence-corrected chi connectivity index (χ3v) is 7.53. The lowest BCUT2D eigenvalue weighted by Gasteiger charge is -2.34. The standard InChI is InChI=1S/C22H22N6O5S/c1-15-25-20(26-33-15)14-32-17-6-4-16(5-7-17)22(29)27-9-11-28(12-10-27)34(30,31)19-13-24-21-18(19)3-2-8-23-21/h2-8,13H,9-12,14H2,1H3,(H,23,24). The number of fused-ring (bicyclic) bond motifs is 1. The maximum absolute atomic E-state index is 13.2. The number of sulfonamides is 1. The van der Waals surface area contributed by atoms with Gasteiger partial charge in [-0.15, -0.1) is 0 Å². The molecule has 4 aromatic rings. The number of hydrogen-bond donors (Lipinski definition) is 1. The molecular weight excluding hydrogens is 460 g/mol. The largest absolute Gasteiger partial charge is 0.485 e. The summed E-state index contributed by atoms with van der Waals surface area (Å²) in [6, 6.07) is 10.2. The molecule has 0 unspecified atom stereocenters. The second-order valence-electron chi connectivity index (χ2n) is 7.79. The molecule has 34 heavy (non-hydrogen) atoms. The van der Waals surface area contributed by atoms with Crippen LogP contribution in [0.25, 0.3) is 11.0 Å². The van der Waals surface area contributed by atoms with Gasteiger partial charge in [-0.25, -0.2) is 13.4 Å². The number of aromatic amines is 1. The van der Waals surface area contributed by atoms with E-state index in [0.29, 0.717) is 47.2 Å². The minimum absolute atomic E-state index is 0.159. The van der Waals surface area contributed by atoms with E-state index in [1.54, 1.807) is 54.4 Å². The van der Waals surface area contributed by atoms with Gasteiger partial charge in [-0.1, -0.05) is 5.16 Å². The van der Waals surface area contributed by atoms with E-state index in [4.69, 9.17) is 9.26 Å². The Morgan fingerprint density at radius 3 is 2.62 bits per heavy atom. The number of rotatable bonds is 6. The number of nitrogens with zero attached hydrogens (tertiary/aromatic N) is 5. The van der Waals surface area contributed by atoms with E-state index in [1.165, 1.54) is 10.5 Å². The van der Waals surface area contributed by atoms with Crippen LogP contribution in [-0.2, 0) is 16.6 Å². The van der Waals surface area contributed by atoms with Crippen LogP contribution in [0.2, 0.25) is 0 Å². The molecule has 1 fully saturated rings. The topological polar surface area (TPSA) is 135 Å². The van der Waals surface area contributed by atoms with Crippen LogP contribution in [0.3, 0.4) is 0 Å². The van der Waals surface area contributed by atoms with Gasteiger partial charge in [-0.05, 0) is 36.4 Å². The first kappa shape index (κ1) is 22.0. The molecule has 5 rings (SSSR count). The van der Waals surface area contributed by atoms with E-state index < -0.39 is 10.0 Å². The van der Waals surface area contributed by atoms with Gasteiger partial charge in [0.1, 0.15) is 16.3 Å². The quantitative estimate of drug-likeness (QED) is 0.441. The average molecular weight is 483 g/mol. The fourth-order valence-corrected chi connectivity index (χ4v) is 5.41. The Morgan fingerprint density at radius 1 is 1.15 bits per heavy atom. The van der Waals surface area contributed by atoms with Crippen molar-refractivity contribution in [2.24, 2.45) is 0 Å². The summed E-state index contributed by atoms with van der Waals surface area (Å²) in [4.78, 5) is 25.9. The van der Waals surface area contributed by atoms with E-state index in [-0.39, 0.29) is 30.5 Å². The normalized spacial score (nSPS) is 15.0. The molecule has 1 saturated heterocycles. The molecule has 0 saturated carbocycles. The van der Waals surface area contributed by atoms with Gasteiger partial charge >= 0.3 is 0 Å². The highest BCUT2D eigenvalue weighted by Gasteiger charge is 2.32. The van der Waals surface area contributed by atoms with Crippen LogP contribution >= 0.6 is 0 Å². The van der Waals surface area contributed by atoms with Crippen molar-refractivity contribution in [3.8, 4) is 5.75 Å². The van der Waals surface area contributed by atoms with Gasteiger partial charge in [0.05, 0.1) is 0 Å². The third-order valence-electron chi connectivity index (χ3n) is 5.60. The number of hydrogen-bond acceptors (Lipinski definition) is 8. The molecule has 11 nitrogen and oxygen atoms in total. The number of carbonyl (C=O) groups excluding carboxylic acids is 1. The molecule has 1 amide bonds. The maximum Gasteiger partial charge on any atom is 0.253 e. The van der Waals surface area contributed by atoms with Crippen molar-refractivity contribution in [2.45, 2.75) is 18.4 Å². The minimum atomic E-state index is -3.70. The highest BCUT2D eigenvalue weighted by atomic mass is 32.2. The minimum Gasteiger partial charge on any atom is -0.485 e. The Morgan fingerprint density at radius 2 is 1.91 bits per heavy atom. The highest BCUT2D eigenvalue weighted by molar-refractivity contribution is 7.89. The molecule has 0 atom stereocenters. The van der Waals surface area contributed by atoms with E-state index >= 15 is 0 Å². The summed E-state index contributed by atoms with van der Waals surface area (Å²) in [5.74, 6) is 1.32. The first-order chi connectivity index (χ1) is 16.4. The number of aryl methyl sites for hydroxylation is 1. The SMILES string of the molecule is Cc1nc(COc2ccc(C(=O)N3CCN(S(=O)(=O)c4c[nH]c5ncccc45)CC3)cc2)no1. The molecule has 0 spiro atoms. The Hall–Kier alpha value is -3.77. The number of H-pyrrole nitrogens is 1. The molecule has 3 aromatic heterocycles. The van der Waals surface area contributed by atoms with Crippen molar-refractivity contribution in [1.82, 2.24) is 29.3 Å². The number of benzene rings is 1. The molecule has 0 radical (unpaired) electrons. The number of aromatic nitrogens is 4. The zero-order valence-corrected chi connectivity index (χ0v) is 19.2. The van der Waals surface area contributed by atoms with Crippen LogP contribution in [-0.4, -0.2) is 69.8 Å². The van der Waals surface area contributed by atoms with Gasteiger partial charge in [0.15, 0.2) is 6.61 Å². The predicted octanol–water partition coefficient (Wildman–Crippen LogP) is 1.98. The first-order valence-corrected chi connectivity index (χ1v) is 12.1. The van der Waals surface area contributed by atoms with Gasteiger partial charge in [0, 0.05) is 56.4 Å². The van der Waals surface area contributed by atoms with Crippen LogP contribution < -0.4 is 4.74 Å². The number of carbonyl (C=O) groups is 1. The zero-order chi connectivity index (χ0) is 23.7. The maximum atomic E-state index is 13.2. The lowest BCUT2D eigenvalue weighted by Crippen LogP contribution is -2.50. The van der Waals surface area contributed by atoms with Gasteiger partial charge < -0.3 is 19.1 Å². The Kier molecular flexibility index (Phi) is 5.75. The van der Waals surface area contributed by atoms with E-state index in [9.17, 15) is 13.2 Å². The molecule has 4 heterocycles. The molecule has 176 valence electrons. The molecule has 12 heteroatoms. The second kappa shape index (κ2) is 8.88. The van der Waals surface area contributed by atoms with Gasteiger partial charge in [-0.2, -0.15) is 9.29 Å². The lowest BCUT2D eigenvalue weighted by molar-refractivity contribution is 0.0698. The molecule has 0 bridgehead atoms. The summed E-state index contributed by atoms with van der Waals surface area (Å²) >= 11 is 0. The monoisotopic (exact) mass is 482 g/mol. The molecule has 1 N–H and O–H groups in total. The summed E-state index contributed by atoms with van der Waals surface area (Å²) in [7, 11) is -3.70. The molecule has 1 aliphatic rings. The van der Waals surface area contributed by atoms with Crippen molar-refractivity contribution < 1.29 is 22.5 Å². The fourth-order valence-electron chi connectivity index (χ4n) is 3.84. The Balaban J connectivity index is 1.20. The Bertz CT molecular complexity index is 1420. The van der Waals surface area contributed by atoms with Gasteiger partial charge in [-0.3, -0.25) is 4.79 Å². The first-order valence-electron chi connectivity index (χ1n) is 10.7. The number of nitrogens with one attached hydrogen (secondary N) is 1. The number of piperazine rings is 1.